The lowest BCUT2D eigenvalue weighted by Crippen LogP contribution is -2.14. The molecule has 0 atom stereocenters. The highest BCUT2D eigenvalue weighted by Gasteiger charge is 2.01. The Balaban J connectivity index is 0.00000112. The van der Waals surface area contributed by atoms with Crippen molar-refractivity contribution < 1.29 is 4.84 Å². The maximum absolute atomic E-state index is 4.79. The van der Waals surface area contributed by atoms with Crippen LogP contribution in [0.3, 0.4) is 0 Å². The Morgan fingerprint density at radius 2 is 2.13 bits per heavy atom. The van der Waals surface area contributed by atoms with Crippen molar-refractivity contribution in [1.82, 2.24) is 10.5 Å². The molecule has 0 radical (unpaired) electrons. The van der Waals surface area contributed by atoms with Crippen LogP contribution in [0.25, 0.3) is 10.9 Å². The summed E-state index contributed by atoms with van der Waals surface area (Å²) in [6, 6.07) is 8.32. The number of aromatic amines is 1. The lowest BCUT2D eigenvalue weighted by Gasteiger charge is -2.00. The van der Waals surface area contributed by atoms with Gasteiger partial charge in [-0.1, -0.05) is 18.2 Å². The molecule has 1 aromatic heterocycles. The minimum absolute atomic E-state index is 0. The minimum Gasteiger partial charge on any atom is -0.361 e. The van der Waals surface area contributed by atoms with Crippen molar-refractivity contribution in [3.8, 4) is 0 Å². The van der Waals surface area contributed by atoms with Crippen LogP contribution in [-0.2, 0) is 11.3 Å². The lowest BCUT2D eigenvalue weighted by molar-refractivity contribution is 0.0928. The summed E-state index contributed by atoms with van der Waals surface area (Å²) in [6.07, 6.45) is 3.03. The van der Waals surface area contributed by atoms with E-state index in [1.165, 1.54) is 16.5 Å². The van der Waals surface area contributed by atoms with Gasteiger partial charge in [0.1, 0.15) is 0 Å². The molecule has 15 heavy (non-hydrogen) atoms. The van der Waals surface area contributed by atoms with Gasteiger partial charge < -0.3 is 9.82 Å². The van der Waals surface area contributed by atoms with E-state index in [2.05, 4.69) is 34.9 Å². The summed E-state index contributed by atoms with van der Waals surface area (Å²) in [5.74, 6) is 0. The third kappa shape index (κ3) is 2.72. The standard InChI is InChI=1S/C11H14N2O.ClH/c1-14-13-7-6-9-8-12-11-5-3-2-4-10(9)11;/h2-5,8,12-13H,6-7H2,1H3;1H. The van der Waals surface area contributed by atoms with Gasteiger partial charge in [0.05, 0.1) is 7.11 Å². The SMILES string of the molecule is CONCCc1c[nH]c2ccccc12.Cl. The number of rotatable bonds is 4. The summed E-state index contributed by atoms with van der Waals surface area (Å²) in [7, 11) is 1.63. The molecule has 0 fully saturated rings. The minimum atomic E-state index is 0. The Morgan fingerprint density at radius 1 is 1.33 bits per heavy atom. The smallest absolute Gasteiger partial charge is 0.0572 e. The van der Waals surface area contributed by atoms with Gasteiger partial charge >= 0.3 is 0 Å². The Bertz CT molecular complexity index is 414. The fraction of sp³-hybridized carbons (Fsp3) is 0.273. The van der Waals surface area contributed by atoms with Gasteiger partial charge in [-0.2, -0.15) is 0 Å². The molecule has 1 aromatic carbocycles. The first-order chi connectivity index (χ1) is 6.92. The van der Waals surface area contributed by atoms with Gasteiger partial charge in [0.2, 0.25) is 0 Å². The van der Waals surface area contributed by atoms with Crippen LogP contribution >= 0.6 is 12.4 Å². The quantitative estimate of drug-likeness (QED) is 0.620. The van der Waals surface area contributed by atoms with Crippen LogP contribution in [0.5, 0.6) is 0 Å². The van der Waals surface area contributed by atoms with Crippen LogP contribution < -0.4 is 5.48 Å². The van der Waals surface area contributed by atoms with E-state index >= 15 is 0 Å². The van der Waals surface area contributed by atoms with Crippen molar-refractivity contribution >= 4 is 23.3 Å². The topological polar surface area (TPSA) is 37.0 Å². The second kappa shape index (κ2) is 5.75. The van der Waals surface area contributed by atoms with E-state index in [0.29, 0.717) is 0 Å². The highest BCUT2D eigenvalue weighted by molar-refractivity contribution is 5.85. The maximum atomic E-state index is 4.79. The monoisotopic (exact) mass is 226 g/mol. The van der Waals surface area contributed by atoms with Gasteiger partial charge in [-0.25, -0.2) is 5.48 Å². The number of benzene rings is 1. The summed E-state index contributed by atoms with van der Waals surface area (Å²) < 4.78 is 0. The molecule has 0 spiro atoms. The maximum Gasteiger partial charge on any atom is 0.0572 e. The lowest BCUT2D eigenvalue weighted by atomic mass is 10.1. The fourth-order valence-corrected chi connectivity index (χ4v) is 1.63. The fourth-order valence-electron chi connectivity index (χ4n) is 1.63. The second-order valence-electron chi connectivity index (χ2n) is 3.21. The van der Waals surface area contributed by atoms with E-state index < -0.39 is 0 Å². The van der Waals surface area contributed by atoms with E-state index in [1.54, 1.807) is 7.11 Å². The molecular formula is C11H15ClN2O. The Hall–Kier alpha value is -1.03. The molecule has 2 rings (SSSR count). The molecule has 0 aliphatic carbocycles. The first kappa shape index (κ1) is 12.0. The molecule has 4 heteroatoms. The van der Waals surface area contributed by atoms with Crippen molar-refractivity contribution in [1.29, 1.82) is 0 Å². The number of hydrogen-bond donors (Lipinski definition) is 2. The highest BCUT2D eigenvalue weighted by Crippen LogP contribution is 2.17. The van der Waals surface area contributed by atoms with Crippen LogP contribution in [0.2, 0.25) is 0 Å². The van der Waals surface area contributed by atoms with Crippen LogP contribution in [0.15, 0.2) is 30.5 Å². The molecule has 2 aromatic rings. The molecule has 0 saturated carbocycles. The summed E-state index contributed by atoms with van der Waals surface area (Å²) >= 11 is 0. The average Bonchev–Trinajstić information content (AvgIpc) is 2.63. The number of hydrogen-bond acceptors (Lipinski definition) is 2. The van der Waals surface area contributed by atoms with Gasteiger partial charge in [-0.05, 0) is 18.1 Å². The molecule has 3 nitrogen and oxygen atoms in total. The molecule has 1 heterocycles. The van der Waals surface area contributed by atoms with Crippen molar-refractivity contribution in [2.24, 2.45) is 0 Å². The predicted octanol–water partition coefficient (Wildman–Crippen LogP) is 2.28. The first-order valence-corrected chi connectivity index (χ1v) is 4.72. The molecular weight excluding hydrogens is 212 g/mol. The molecule has 0 aliphatic rings. The van der Waals surface area contributed by atoms with Gasteiger partial charge in [-0.15, -0.1) is 12.4 Å². The van der Waals surface area contributed by atoms with Crippen LogP contribution in [0.4, 0.5) is 0 Å². The number of nitrogens with one attached hydrogen (secondary N) is 2. The summed E-state index contributed by atoms with van der Waals surface area (Å²) in [6.45, 7) is 0.832. The molecule has 0 unspecified atom stereocenters. The van der Waals surface area contributed by atoms with Gasteiger partial charge in [0, 0.05) is 23.6 Å². The summed E-state index contributed by atoms with van der Waals surface area (Å²) in [5, 5.41) is 1.30. The molecule has 82 valence electrons. The zero-order valence-corrected chi connectivity index (χ0v) is 9.43. The molecule has 0 amide bonds. The Kier molecular flexibility index (Phi) is 4.62. The molecule has 0 bridgehead atoms. The predicted molar refractivity (Wildman–Crippen MR) is 64.3 cm³/mol. The Morgan fingerprint density at radius 3 is 2.93 bits per heavy atom. The van der Waals surface area contributed by atoms with E-state index in [9.17, 15) is 0 Å². The molecule has 0 saturated heterocycles. The number of fused-ring (bicyclic) bond motifs is 1. The van der Waals surface area contributed by atoms with E-state index in [-0.39, 0.29) is 12.4 Å². The zero-order chi connectivity index (χ0) is 9.80. The van der Waals surface area contributed by atoms with Crippen LogP contribution in [0.1, 0.15) is 5.56 Å². The van der Waals surface area contributed by atoms with Crippen molar-refractivity contribution in [2.75, 3.05) is 13.7 Å². The van der Waals surface area contributed by atoms with Crippen molar-refractivity contribution in [3.63, 3.8) is 0 Å². The highest BCUT2D eigenvalue weighted by atomic mass is 35.5. The summed E-state index contributed by atoms with van der Waals surface area (Å²) in [5.41, 5.74) is 5.36. The first-order valence-electron chi connectivity index (χ1n) is 4.72. The number of hydroxylamine groups is 1. The molecule has 0 aliphatic heterocycles. The van der Waals surface area contributed by atoms with Gasteiger partial charge in [-0.3, -0.25) is 0 Å². The summed E-state index contributed by atoms with van der Waals surface area (Å²) in [4.78, 5) is 8.04. The van der Waals surface area contributed by atoms with Gasteiger partial charge in [0.25, 0.3) is 0 Å². The third-order valence-corrected chi connectivity index (χ3v) is 2.32. The number of aromatic nitrogens is 1. The van der Waals surface area contributed by atoms with E-state index in [0.717, 1.165) is 13.0 Å². The number of H-pyrrole nitrogens is 1. The number of para-hydroxylation sites is 1. The van der Waals surface area contributed by atoms with E-state index in [4.69, 9.17) is 4.84 Å². The largest absolute Gasteiger partial charge is 0.361 e. The van der Waals surface area contributed by atoms with Crippen molar-refractivity contribution in [3.05, 3.63) is 36.0 Å². The number of halogens is 1. The molecule has 2 N–H and O–H groups in total. The zero-order valence-electron chi connectivity index (χ0n) is 8.62. The van der Waals surface area contributed by atoms with Crippen LogP contribution in [-0.4, -0.2) is 18.6 Å². The van der Waals surface area contributed by atoms with Crippen LogP contribution in [0, 0.1) is 0 Å². The Labute approximate surface area is 95.2 Å². The third-order valence-electron chi connectivity index (χ3n) is 2.32. The second-order valence-corrected chi connectivity index (χ2v) is 3.21. The normalized spacial score (nSPS) is 10.2. The average molecular weight is 227 g/mol. The van der Waals surface area contributed by atoms with E-state index in [1.807, 2.05) is 6.07 Å². The van der Waals surface area contributed by atoms with Gasteiger partial charge in [0.15, 0.2) is 0 Å². The van der Waals surface area contributed by atoms with Crippen molar-refractivity contribution in [2.45, 2.75) is 6.42 Å².